The Balaban J connectivity index is 1.63. The molecule has 3 aromatic rings. The van der Waals surface area contributed by atoms with E-state index < -0.39 is 17.5 Å². The standard InChI is InChI=1S/C31H36FNO4/c1-20-11-13-23(15-21(20)2)26-17-24(36-28-10-8-7-9-25(26)28)19-33(30(34)37-31(3,4)5)18-22-12-14-27(32)29(16-22)35-6/h7-16,24,26H,17-19H2,1-6H3. The van der Waals surface area contributed by atoms with Crippen LogP contribution in [0, 0.1) is 19.7 Å². The van der Waals surface area contributed by atoms with E-state index in [1.807, 2.05) is 39.0 Å². The maximum absolute atomic E-state index is 14.0. The fourth-order valence-electron chi connectivity index (χ4n) is 4.70. The van der Waals surface area contributed by atoms with Crippen LogP contribution in [0.2, 0.25) is 0 Å². The van der Waals surface area contributed by atoms with Gasteiger partial charge in [-0.2, -0.15) is 0 Å². The van der Waals surface area contributed by atoms with Crippen molar-refractivity contribution in [2.45, 2.75) is 65.2 Å². The summed E-state index contributed by atoms with van der Waals surface area (Å²) in [5.41, 5.74) is 4.97. The van der Waals surface area contributed by atoms with Crippen LogP contribution in [0.3, 0.4) is 0 Å². The number of benzene rings is 3. The number of nitrogens with zero attached hydrogens (tertiary/aromatic N) is 1. The first-order valence-corrected chi connectivity index (χ1v) is 12.7. The Morgan fingerprint density at radius 2 is 1.81 bits per heavy atom. The number of aryl methyl sites for hydroxylation is 2. The molecule has 1 aliphatic rings. The van der Waals surface area contributed by atoms with Gasteiger partial charge in [0.05, 0.1) is 13.7 Å². The van der Waals surface area contributed by atoms with Crippen LogP contribution in [-0.2, 0) is 11.3 Å². The van der Waals surface area contributed by atoms with E-state index in [0.29, 0.717) is 13.0 Å². The zero-order chi connectivity index (χ0) is 26.7. The number of carbonyl (C=O) groups excluding carboxylic acids is 1. The van der Waals surface area contributed by atoms with Crippen LogP contribution in [-0.4, -0.2) is 36.4 Å². The molecular weight excluding hydrogens is 469 g/mol. The summed E-state index contributed by atoms with van der Waals surface area (Å²) >= 11 is 0. The molecule has 0 fully saturated rings. The first-order valence-electron chi connectivity index (χ1n) is 12.7. The molecule has 196 valence electrons. The summed E-state index contributed by atoms with van der Waals surface area (Å²) in [4.78, 5) is 14.9. The van der Waals surface area contributed by atoms with Crippen LogP contribution < -0.4 is 9.47 Å². The van der Waals surface area contributed by atoms with Gasteiger partial charge in [-0.1, -0.05) is 42.5 Å². The monoisotopic (exact) mass is 505 g/mol. The summed E-state index contributed by atoms with van der Waals surface area (Å²) in [7, 11) is 1.42. The summed E-state index contributed by atoms with van der Waals surface area (Å²) in [6.07, 6.45) is 0.0169. The molecule has 0 bridgehead atoms. The van der Waals surface area contributed by atoms with Gasteiger partial charge in [0.25, 0.3) is 0 Å². The van der Waals surface area contributed by atoms with E-state index >= 15 is 0 Å². The van der Waals surface area contributed by atoms with Crippen molar-refractivity contribution in [1.82, 2.24) is 4.90 Å². The number of fused-ring (bicyclic) bond motifs is 1. The minimum Gasteiger partial charge on any atom is -0.494 e. The molecule has 5 nitrogen and oxygen atoms in total. The SMILES string of the molecule is COc1cc(CN(CC2CC(c3ccc(C)c(C)c3)c3ccccc3O2)C(=O)OC(C)(C)C)ccc1F. The number of para-hydroxylation sites is 1. The van der Waals surface area contributed by atoms with Crippen molar-refractivity contribution in [2.75, 3.05) is 13.7 Å². The zero-order valence-electron chi connectivity index (χ0n) is 22.5. The van der Waals surface area contributed by atoms with Gasteiger partial charge in [0.15, 0.2) is 11.6 Å². The van der Waals surface area contributed by atoms with E-state index in [0.717, 1.165) is 16.9 Å². The van der Waals surface area contributed by atoms with Crippen molar-refractivity contribution in [3.05, 3.63) is 94.3 Å². The lowest BCUT2D eigenvalue weighted by Gasteiger charge is -2.36. The molecule has 0 radical (unpaired) electrons. The Hall–Kier alpha value is -3.54. The predicted octanol–water partition coefficient (Wildman–Crippen LogP) is 7.17. The number of ether oxygens (including phenoxy) is 3. The molecule has 2 atom stereocenters. The molecule has 3 aromatic carbocycles. The minimum absolute atomic E-state index is 0.138. The highest BCUT2D eigenvalue weighted by atomic mass is 19.1. The van der Waals surface area contributed by atoms with Gasteiger partial charge in [-0.05, 0) is 81.5 Å². The van der Waals surface area contributed by atoms with Gasteiger partial charge < -0.3 is 19.1 Å². The first kappa shape index (κ1) is 26.5. The molecule has 0 saturated carbocycles. The number of hydrogen-bond acceptors (Lipinski definition) is 4. The molecular formula is C31H36FNO4. The maximum atomic E-state index is 14.0. The summed E-state index contributed by atoms with van der Waals surface area (Å²) in [6.45, 7) is 10.3. The van der Waals surface area contributed by atoms with Crippen LogP contribution in [0.4, 0.5) is 9.18 Å². The highest BCUT2D eigenvalue weighted by Gasteiger charge is 2.33. The fourth-order valence-corrected chi connectivity index (χ4v) is 4.70. The molecule has 6 heteroatoms. The average molecular weight is 506 g/mol. The van der Waals surface area contributed by atoms with Crippen LogP contribution in [0.5, 0.6) is 11.5 Å². The number of amides is 1. The lowest BCUT2D eigenvalue weighted by atomic mass is 9.83. The molecule has 0 N–H and O–H groups in total. The van der Waals surface area contributed by atoms with Crippen LogP contribution in [0.15, 0.2) is 60.7 Å². The molecule has 0 aromatic heterocycles. The molecule has 0 saturated heterocycles. The van der Waals surface area contributed by atoms with Crippen molar-refractivity contribution in [3.63, 3.8) is 0 Å². The summed E-state index contributed by atoms with van der Waals surface area (Å²) in [5.74, 6) is 0.660. The lowest BCUT2D eigenvalue weighted by Crippen LogP contribution is -2.43. The molecule has 1 aliphatic heterocycles. The predicted molar refractivity (Wildman–Crippen MR) is 143 cm³/mol. The summed E-state index contributed by atoms with van der Waals surface area (Å²) in [6, 6.07) is 19.3. The normalized spacial score (nSPS) is 16.9. The number of methoxy groups -OCH3 is 1. The summed E-state index contributed by atoms with van der Waals surface area (Å²) < 4.78 is 31.3. The zero-order valence-corrected chi connectivity index (χ0v) is 22.5. The second-order valence-corrected chi connectivity index (χ2v) is 10.7. The van der Waals surface area contributed by atoms with E-state index in [9.17, 15) is 9.18 Å². The molecule has 4 rings (SSSR count). The number of rotatable bonds is 6. The Morgan fingerprint density at radius 1 is 1.05 bits per heavy atom. The highest BCUT2D eigenvalue weighted by molar-refractivity contribution is 5.68. The first-order chi connectivity index (χ1) is 17.5. The quantitative estimate of drug-likeness (QED) is 0.356. The lowest BCUT2D eigenvalue weighted by molar-refractivity contribution is 0.0128. The Labute approximate surface area is 219 Å². The topological polar surface area (TPSA) is 48.0 Å². The maximum Gasteiger partial charge on any atom is 0.410 e. The van der Waals surface area contributed by atoms with Gasteiger partial charge in [0.1, 0.15) is 17.5 Å². The van der Waals surface area contributed by atoms with E-state index in [1.54, 1.807) is 17.0 Å². The second-order valence-electron chi connectivity index (χ2n) is 10.7. The van der Waals surface area contributed by atoms with Gasteiger partial charge in [-0.15, -0.1) is 0 Å². The fraction of sp³-hybridized carbons (Fsp3) is 0.387. The number of hydrogen-bond donors (Lipinski definition) is 0. The third kappa shape index (κ3) is 6.43. The van der Waals surface area contributed by atoms with E-state index in [4.69, 9.17) is 14.2 Å². The van der Waals surface area contributed by atoms with E-state index in [-0.39, 0.29) is 24.3 Å². The van der Waals surface area contributed by atoms with Crippen molar-refractivity contribution < 1.29 is 23.4 Å². The average Bonchev–Trinajstić information content (AvgIpc) is 2.85. The summed E-state index contributed by atoms with van der Waals surface area (Å²) in [5, 5.41) is 0. The van der Waals surface area contributed by atoms with Crippen molar-refractivity contribution >= 4 is 6.09 Å². The molecule has 37 heavy (non-hydrogen) atoms. The van der Waals surface area contributed by atoms with Gasteiger partial charge in [-0.3, -0.25) is 0 Å². The minimum atomic E-state index is -0.655. The molecule has 0 aliphatic carbocycles. The molecule has 2 unspecified atom stereocenters. The van der Waals surface area contributed by atoms with Crippen molar-refractivity contribution in [3.8, 4) is 11.5 Å². The van der Waals surface area contributed by atoms with E-state index in [2.05, 4.69) is 38.1 Å². The highest BCUT2D eigenvalue weighted by Crippen LogP contribution is 2.41. The number of halogens is 1. The third-order valence-electron chi connectivity index (χ3n) is 6.68. The van der Waals surface area contributed by atoms with Gasteiger partial charge in [0.2, 0.25) is 0 Å². The van der Waals surface area contributed by atoms with Gasteiger partial charge >= 0.3 is 6.09 Å². The van der Waals surface area contributed by atoms with Gasteiger partial charge in [-0.25, -0.2) is 9.18 Å². The van der Waals surface area contributed by atoms with Crippen molar-refractivity contribution in [2.24, 2.45) is 0 Å². The molecule has 1 heterocycles. The van der Waals surface area contributed by atoms with Crippen LogP contribution in [0.1, 0.15) is 60.9 Å². The second kappa shape index (κ2) is 10.8. The van der Waals surface area contributed by atoms with Gasteiger partial charge in [0, 0.05) is 18.0 Å². The largest absolute Gasteiger partial charge is 0.494 e. The van der Waals surface area contributed by atoms with Crippen molar-refractivity contribution in [1.29, 1.82) is 0 Å². The van der Waals surface area contributed by atoms with E-state index in [1.165, 1.54) is 29.9 Å². The Morgan fingerprint density at radius 3 is 2.51 bits per heavy atom. The van der Waals surface area contributed by atoms with Crippen LogP contribution >= 0.6 is 0 Å². The Kier molecular flexibility index (Phi) is 7.76. The molecule has 0 spiro atoms. The number of carbonyl (C=O) groups is 1. The Bertz CT molecular complexity index is 1270. The molecule has 1 amide bonds. The third-order valence-corrected chi connectivity index (χ3v) is 6.68. The smallest absolute Gasteiger partial charge is 0.410 e. The van der Waals surface area contributed by atoms with Crippen LogP contribution in [0.25, 0.3) is 0 Å².